The molecule has 180 valence electrons. The molecule has 1 N–H and O–H groups in total. The molecule has 1 aliphatic rings. The summed E-state index contributed by atoms with van der Waals surface area (Å²) in [4.78, 5) is 36.4. The van der Waals surface area contributed by atoms with Crippen molar-refractivity contribution in [2.45, 2.75) is 13.8 Å². The van der Waals surface area contributed by atoms with Gasteiger partial charge >= 0.3 is 5.97 Å². The minimum Gasteiger partial charge on any atom is -0.454 e. The normalized spacial score (nSPS) is 12.1. The number of ketones is 1. The van der Waals surface area contributed by atoms with Crippen molar-refractivity contribution in [3.8, 4) is 17.2 Å². The Balaban J connectivity index is 1.39. The number of rotatable bonds is 7. The number of carbonyl (C=O) groups excluding carboxylic acids is 3. The Labute approximate surface area is 204 Å². The van der Waals surface area contributed by atoms with Crippen molar-refractivity contribution < 1.29 is 33.0 Å². The molecule has 3 aromatic rings. The SMILES string of the molecule is CC(=O)c1cc2c(cc1NC(=O)COC(=O)/C=C\c1c(C)nn(-c3ccc(F)cc3)c1Cl)OCO2. The number of esters is 1. The van der Waals surface area contributed by atoms with Gasteiger partial charge in [0.25, 0.3) is 5.91 Å². The van der Waals surface area contributed by atoms with Crippen LogP contribution in [0, 0.1) is 12.7 Å². The molecular formula is C24H19ClFN3O6. The highest BCUT2D eigenvalue weighted by Crippen LogP contribution is 2.37. The first-order chi connectivity index (χ1) is 16.7. The molecule has 9 nitrogen and oxygen atoms in total. The molecule has 4 rings (SSSR count). The number of carbonyl (C=O) groups is 3. The summed E-state index contributed by atoms with van der Waals surface area (Å²) < 4.78 is 30.1. The molecule has 0 unspecified atom stereocenters. The Morgan fingerprint density at radius 1 is 1.20 bits per heavy atom. The van der Waals surface area contributed by atoms with Crippen LogP contribution in [0.1, 0.15) is 28.5 Å². The molecule has 0 atom stereocenters. The minimum atomic E-state index is -0.789. The highest BCUT2D eigenvalue weighted by atomic mass is 35.5. The summed E-state index contributed by atoms with van der Waals surface area (Å²) >= 11 is 6.38. The topological polar surface area (TPSA) is 109 Å². The number of ether oxygens (including phenoxy) is 3. The van der Waals surface area contributed by atoms with Gasteiger partial charge in [-0.2, -0.15) is 5.10 Å². The maximum absolute atomic E-state index is 13.2. The molecule has 1 aliphatic heterocycles. The van der Waals surface area contributed by atoms with Gasteiger partial charge < -0.3 is 19.5 Å². The fourth-order valence-electron chi connectivity index (χ4n) is 3.31. The Hall–Kier alpha value is -4.18. The number of amides is 1. The summed E-state index contributed by atoms with van der Waals surface area (Å²) in [5.41, 5.74) is 1.99. The van der Waals surface area contributed by atoms with Crippen molar-refractivity contribution in [3.05, 3.63) is 70.3 Å². The molecule has 0 spiro atoms. The minimum absolute atomic E-state index is 0.0142. The number of anilines is 1. The van der Waals surface area contributed by atoms with Crippen molar-refractivity contribution in [1.82, 2.24) is 9.78 Å². The van der Waals surface area contributed by atoms with Crippen molar-refractivity contribution in [3.63, 3.8) is 0 Å². The van der Waals surface area contributed by atoms with E-state index in [0.29, 0.717) is 28.4 Å². The summed E-state index contributed by atoms with van der Waals surface area (Å²) in [5.74, 6) is -1.32. The fourth-order valence-corrected chi connectivity index (χ4v) is 3.65. The Bertz CT molecular complexity index is 1350. The smallest absolute Gasteiger partial charge is 0.331 e. The second-order valence-electron chi connectivity index (χ2n) is 7.47. The number of benzene rings is 2. The van der Waals surface area contributed by atoms with Crippen molar-refractivity contribution >= 4 is 41.0 Å². The van der Waals surface area contributed by atoms with Crippen LogP contribution in [0.4, 0.5) is 10.1 Å². The lowest BCUT2D eigenvalue weighted by Crippen LogP contribution is -2.21. The molecule has 0 saturated carbocycles. The third kappa shape index (κ3) is 5.33. The molecule has 2 heterocycles. The summed E-state index contributed by atoms with van der Waals surface area (Å²) in [6, 6.07) is 8.56. The number of halogens is 2. The van der Waals surface area contributed by atoms with E-state index in [1.54, 1.807) is 6.92 Å². The Morgan fingerprint density at radius 3 is 2.57 bits per heavy atom. The van der Waals surface area contributed by atoms with E-state index in [1.165, 1.54) is 54.1 Å². The fraction of sp³-hybridized carbons (Fsp3) is 0.167. The third-order valence-electron chi connectivity index (χ3n) is 5.02. The van der Waals surface area contributed by atoms with Crippen LogP contribution in [0.15, 0.2) is 42.5 Å². The van der Waals surface area contributed by atoms with Crippen LogP contribution in [0.3, 0.4) is 0 Å². The zero-order valence-electron chi connectivity index (χ0n) is 18.6. The number of hydrogen-bond donors (Lipinski definition) is 1. The zero-order valence-corrected chi connectivity index (χ0v) is 19.4. The first-order valence-electron chi connectivity index (χ1n) is 10.3. The maximum Gasteiger partial charge on any atom is 0.331 e. The van der Waals surface area contributed by atoms with Crippen LogP contribution in [0.25, 0.3) is 11.8 Å². The van der Waals surface area contributed by atoms with E-state index in [-0.39, 0.29) is 29.0 Å². The van der Waals surface area contributed by atoms with E-state index < -0.39 is 24.3 Å². The van der Waals surface area contributed by atoms with Crippen LogP contribution < -0.4 is 14.8 Å². The number of aryl methyl sites for hydroxylation is 1. The number of aromatic nitrogens is 2. The monoisotopic (exact) mass is 499 g/mol. The average molecular weight is 500 g/mol. The molecule has 1 amide bonds. The molecule has 0 aliphatic carbocycles. The second kappa shape index (κ2) is 9.98. The van der Waals surface area contributed by atoms with Crippen molar-refractivity contribution in [2.24, 2.45) is 0 Å². The van der Waals surface area contributed by atoms with Gasteiger partial charge in [-0.25, -0.2) is 13.9 Å². The number of nitrogens with zero attached hydrogens (tertiary/aromatic N) is 2. The lowest BCUT2D eigenvalue weighted by atomic mass is 10.1. The van der Waals surface area contributed by atoms with Gasteiger partial charge in [0, 0.05) is 23.3 Å². The zero-order chi connectivity index (χ0) is 25.1. The summed E-state index contributed by atoms with van der Waals surface area (Å²) in [5, 5.41) is 7.06. The summed E-state index contributed by atoms with van der Waals surface area (Å²) in [7, 11) is 0. The third-order valence-corrected chi connectivity index (χ3v) is 5.38. The van der Waals surface area contributed by atoms with Gasteiger partial charge in [0.15, 0.2) is 23.9 Å². The molecule has 35 heavy (non-hydrogen) atoms. The van der Waals surface area contributed by atoms with E-state index in [0.717, 1.165) is 6.08 Å². The lowest BCUT2D eigenvalue weighted by molar-refractivity contribution is -0.142. The number of nitrogens with one attached hydrogen (secondary N) is 1. The molecule has 11 heteroatoms. The van der Waals surface area contributed by atoms with Gasteiger partial charge in [0.05, 0.1) is 17.1 Å². The molecule has 1 aromatic heterocycles. The number of fused-ring (bicyclic) bond motifs is 1. The van der Waals surface area contributed by atoms with E-state index in [4.69, 9.17) is 25.8 Å². The van der Waals surface area contributed by atoms with Gasteiger partial charge in [-0.15, -0.1) is 0 Å². The summed E-state index contributed by atoms with van der Waals surface area (Å²) in [6.07, 6.45) is 2.52. The van der Waals surface area contributed by atoms with Crippen molar-refractivity contribution in [1.29, 1.82) is 0 Å². The largest absolute Gasteiger partial charge is 0.454 e. The van der Waals surface area contributed by atoms with Gasteiger partial charge in [-0.1, -0.05) is 11.6 Å². The molecule has 0 bridgehead atoms. The van der Waals surface area contributed by atoms with Crippen molar-refractivity contribution in [2.75, 3.05) is 18.7 Å². The Kier molecular flexibility index (Phi) is 6.83. The van der Waals surface area contributed by atoms with Crippen LogP contribution >= 0.6 is 11.6 Å². The van der Waals surface area contributed by atoms with Gasteiger partial charge in [0.2, 0.25) is 6.79 Å². The number of hydrogen-bond acceptors (Lipinski definition) is 7. The van der Waals surface area contributed by atoms with E-state index >= 15 is 0 Å². The number of Topliss-reactive ketones (excluding diaryl/α,β-unsaturated/α-hetero) is 1. The van der Waals surface area contributed by atoms with Crippen LogP contribution in [-0.2, 0) is 14.3 Å². The van der Waals surface area contributed by atoms with Crippen LogP contribution in [0.5, 0.6) is 11.5 Å². The quantitative estimate of drug-likeness (QED) is 0.296. The predicted molar refractivity (Wildman–Crippen MR) is 124 cm³/mol. The van der Waals surface area contributed by atoms with Crippen LogP contribution in [0.2, 0.25) is 5.15 Å². The predicted octanol–water partition coefficient (Wildman–Crippen LogP) is 4.10. The summed E-state index contributed by atoms with van der Waals surface area (Å²) in [6.45, 7) is 2.47. The molecule has 0 fully saturated rings. The standard InChI is InChI=1S/C24H19ClFN3O6/c1-13-17(24(25)29(28-13)16-5-3-15(26)4-6-16)7-8-23(32)33-11-22(31)27-19-10-21-20(34-12-35-21)9-18(19)14(2)30/h3-10H,11-12H2,1-2H3,(H,27,31)/b8-7-. The second-order valence-corrected chi connectivity index (χ2v) is 7.83. The first kappa shape index (κ1) is 24.0. The highest BCUT2D eigenvalue weighted by molar-refractivity contribution is 6.31. The van der Waals surface area contributed by atoms with E-state index in [1.807, 2.05) is 0 Å². The maximum atomic E-state index is 13.2. The first-order valence-corrected chi connectivity index (χ1v) is 10.7. The average Bonchev–Trinajstić information content (AvgIpc) is 3.39. The van der Waals surface area contributed by atoms with Gasteiger partial charge in [-0.3, -0.25) is 9.59 Å². The van der Waals surface area contributed by atoms with Gasteiger partial charge in [0.1, 0.15) is 11.0 Å². The lowest BCUT2D eigenvalue weighted by Gasteiger charge is -2.10. The molecule has 0 radical (unpaired) electrons. The van der Waals surface area contributed by atoms with E-state index in [9.17, 15) is 18.8 Å². The van der Waals surface area contributed by atoms with Gasteiger partial charge in [-0.05, 0) is 50.3 Å². The van der Waals surface area contributed by atoms with Crippen LogP contribution in [-0.4, -0.2) is 40.8 Å². The molecule has 2 aromatic carbocycles. The van der Waals surface area contributed by atoms with E-state index in [2.05, 4.69) is 10.4 Å². The highest BCUT2D eigenvalue weighted by Gasteiger charge is 2.21. The Morgan fingerprint density at radius 2 is 1.89 bits per heavy atom. The molecular weight excluding hydrogens is 481 g/mol. The molecule has 0 saturated heterocycles.